The second-order valence-corrected chi connectivity index (χ2v) is 9.69. The second-order valence-electron chi connectivity index (χ2n) is 9.69. The number of carbonyl (C=O) groups excluding carboxylic acids is 2. The lowest BCUT2D eigenvalue weighted by atomic mass is 10.1. The highest BCUT2D eigenvalue weighted by atomic mass is 16.5. The number of nitrogens with one attached hydrogen (secondary N) is 1. The largest absolute Gasteiger partial charge is 0.497 e. The minimum Gasteiger partial charge on any atom is -0.497 e. The van der Waals surface area contributed by atoms with E-state index in [0.717, 1.165) is 40.5 Å². The Morgan fingerprint density at radius 2 is 1.56 bits per heavy atom. The Morgan fingerprint density at radius 1 is 0.846 bits per heavy atom. The predicted octanol–water partition coefficient (Wildman–Crippen LogP) is 6.01. The minimum atomic E-state index is -0.137. The van der Waals surface area contributed by atoms with Gasteiger partial charge in [0.2, 0.25) is 0 Å². The molecule has 0 saturated carbocycles. The number of rotatable bonds is 6. The maximum atomic E-state index is 13.8. The monoisotopic (exact) mass is 522 g/mol. The Hall–Kier alpha value is -4.52. The van der Waals surface area contributed by atoms with Gasteiger partial charge in [-0.1, -0.05) is 49.4 Å². The zero-order valence-electron chi connectivity index (χ0n) is 22.7. The number of amides is 3. The van der Waals surface area contributed by atoms with Crippen molar-refractivity contribution in [1.29, 1.82) is 0 Å². The maximum absolute atomic E-state index is 13.8. The van der Waals surface area contributed by atoms with E-state index in [1.165, 1.54) is 5.56 Å². The molecule has 1 aliphatic heterocycles. The third-order valence-corrected chi connectivity index (χ3v) is 7.30. The molecule has 1 N–H and O–H groups in total. The zero-order chi connectivity index (χ0) is 27.4. The van der Waals surface area contributed by atoms with Crippen molar-refractivity contribution in [2.75, 3.05) is 38.6 Å². The molecular weight excluding hydrogens is 488 g/mol. The summed E-state index contributed by atoms with van der Waals surface area (Å²) in [5.41, 5.74) is 6.38. The van der Waals surface area contributed by atoms with Crippen LogP contribution in [0.1, 0.15) is 28.5 Å². The number of aromatic nitrogens is 1. The Labute approximate surface area is 229 Å². The van der Waals surface area contributed by atoms with Gasteiger partial charge < -0.3 is 24.4 Å². The van der Waals surface area contributed by atoms with E-state index in [1.807, 2.05) is 96.8 Å². The van der Waals surface area contributed by atoms with Crippen LogP contribution in [-0.4, -0.2) is 59.6 Å². The van der Waals surface area contributed by atoms with Gasteiger partial charge in [0.25, 0.3) is 5.91 Å². The van der Waals surface area contributed by atoms with Gasteiger partial charge in [-0.3, -0.25) is 4.79 Å². The van der Waals surface area contributed by atoms with Gasteiger partial charge in [-0.15, -0.1) is 0 Å². The molecule has 200 valence electrons. The summed E-state index contributed by atoms with van der Waals surface area (Å²) in [6.07, 6.45) is 0.912. The summed E-state index contributed by atoms with van der Waals surface area (Å²) in [7, 11) is 1.65. The summed E-state index contributed by atoms with van der Waals surface area (Å²) in [6.45, 7) is 5.99. The molecule has 1 saturated heterocycles. The molecule has 4 aromatic rings. The lowest BCUT2D eigenvalue weighted by Gasteiger charge is -2.34. The summed E-state index contributed by atoms with van der Waals surface area (Å²) >= 11 is 0. The number of aryl methyl sites for hydroxylation is 1. The van der Waals surface area contributed by atoms with Crippen LogP contribution in [0.25, 0.3) is 16.9 Å². The van der Waals surface area contributed by atoms with Crippen molar-refractivity contribution >= 4 is 17.6 Å². The molecule has 39 heavy (non-hydrogen) atoms. The predicted molar refractivity (Wildman–Crippen MR) is 155 cm³/mol. The molecule has 3 amide bonds. The number of hydrogen-bond donors (Lipinski definition) is 1. The van der Waals surface area contributed by atoms with E-state index in [1.54, 1.807) is 12.0 Å². The Kier molecular flexibility index (Phi) is 7.68. The Morgan fingerprint density at radius 3 is 2.28 bits per heavy atom. The SMILES string of the molecule is CCc1cccc(NC(=O)N2CCN(C(=O)c3cc(-c4cccc(OC)c4)n(-c4ccccc4)c3C)CC2)c1. The Bertz CT molecular complexity index is 1470. The van der Waals surface area contributed by atoms with Crippen LogP contribution in [0.2, 0.25) is 0 Å². The van der Waals surface area contributed by atoms with Crippen molar-refractivity contribution in [3.05, 3.63) is 102 Å². The highest BCUT2D eigenvalue weighted by Crippen LogP contribution is 2.32. The summed E-state index contributed by atoms with van der Waals surface area (Å²) in [6, 6.07) is 27.7. The fraction of sp³-hybridized carbons (Fsp3) is 0.250. The zero-order valence-corrected chi connectivity index (χ0v) is 22.7. The van der Waals surface area contributed by atoms with Gasteiger partial charge in [-0.25, -0.2) is 4.79 Å². The third-order valence-electron chi connectivity index (χ3n) is 7.30. The van der Waals surface area contributed by atoms with Crippen molar-refractivity contribution < 1.29 is 14.3 Å². The normalized spacial score (nSPS) is 13.3. The number of benzene rings is 3. The number of anilines is 1. The van der Waals surface area contributed by atoms with Crippen LogP contribution >= 0.6 is 0 Å². The van der Waals surface area contributed by atoms with Crippen LogP contribution in [0.15, 0.2) is 84.9 Å². The number of piperazine rings is 1. The van der Waals surface area contributed by atoms with Gasteiger partial charge in [-0.2, -0.15) is 0 Å². The number of hydrogen-bond acceptors (Lipinski definition) is 3. The number of carbonyl (C=O) groups is 2. The molecule has 5 rings (SSSR count). The van der Waals surface area contributed by atoms with E-state index in [-0.39, 0.29) is 11.9 Å². The first kappa shape index (κ1) is 26.1. The lowest BCUT2D eigenvalue weighted by Crippen LogP contribution is -2.51. The fourth-order valence-corrected chi connectivity index (χ4v) is 5.08. The van der Waals surface area contributed by atoms with Gasteiger partial charge in [0, 0.05) is 48.8 Å². The molecule has 0 unspecified atom stereocenters. The average Bonchev–Trinajstić information content (AvgIpc) is 3.34. The van der Waals surface area contributed by atoms with Crippen LogP contribution in [-0.2, 0) is 6.42 Å². The highest BCUT2D eigenvalue weighted by molar-refractivity contribution is 5.98. The van der Waals surface area contributed by atoms with Gasteiger partial charge in [0.05, 0.1) is 18.4 Å². The summed E-state index contributed by atoms with van der Waals surface area (Å²) in [4.78, 5) is 30.3. The molecule has 1 fully saturated rings. The van der Waals surface area contributed by atoms with Crippen molar-refractivity contribution in [1.82, 2.24) is 14.4 Å². The number of urea groups is 1. The van der Waals surface area contributed by atoms with E-state index in [4.69, 9.17) is 4.74 Å². The molecule has 2 heterocycles. The quantitative estimate of drug-likeness (QED) is 0.337. The molecule has 1 aliphatic rings. The summed E-state index contributed by atoms with van der Waals surface area (Å²) in [5.74, 6) is 0.733. The van der Waals surface area contributed by atoms with E-state index in [9.17, 15) is 9.59 Å². The molecule has 7 nitrogen and oxygen atoms in total. The molecule has 1 aromatic heterocycles. The smallest absolute Gasteiger partial charge is 0.321 e. The van der Waals surface area contributed by atoms with Gasteiger partial charge in [0.15, 0.2) is 0 Å². The number of methoxy groups -OCH3 is 1. The molecule has 0 bridgehead atoms. The van der Waals surface area contributed by atoms with Gasteiger partial charge in [0.1, 0.15) is 5.75 Å². The molecule has 0 radical (unpaired) electrons. The first-order valence-electron chi connectivity index (χ1n) is 13.3. The lowest BCUT2D eigenvalue weighted by molar-refractivity contribution is 0.0671. The van der Waals surface area contributed by atoms with Gasteiger partial charge >= 0.3 is 6.03 Å². The maximum Gasteiger partial charge on any atom is 0.321 e. The first-order chi connectivity index (χ1) is 19.0. The number of nitrogens with zero attached hydrogens (tertiary/aromatic N) is 3. The van der Waals surface area contributed by atoms with Crippen LogP contribution < -0.4 is 10.1 Å². The van der Waals surface area contributed by atoms with E-state index in [0.29, 0.717) is 31.7 Å². The third kappa shape index (κ3) is 5.53. The topological polar surface area (TPSA) is 66.8 Å². The molecule has 0 aliphatic carbocycles. The van der Waals surface area contributed by atoms with E-state index < -0.39 is 0 Å². The fourth-order valence-electron chi connectivity index (χ4n) is 5.08. The molecular formula is C32H34N4O3. The average molecular weight is 523 g/mol. The van der Waals surface area contributed by atoms with Gasteiger partial charge in [-0.05, 0) is 61.4 Å². The van der Waals surface area contributed by atoms with Crippen molar-refractivity contribution in [3.8, 4) is 22.7 Å². The number of para-hydroxylation sites is 1. The standard InChI is InChI=1S/C32H34N4O3/c1-4-24-10-8-12-26(20-24)33-32(38)35-18-16-34(17-19-35)31(37)29-22-30(25-11-9-15-28(21-25)39-3)36(23(29)2)27-13-6-5-7-14-27/h5-15,20-22H,4,16-19H2,1-3H3,(H,33,38). The number of ether oxygens (including phenoxy) is 1. The van der Waals surface area contributed by atoms with Crippen LogP contribution in [0.4, 0.5) is 10.5 Å². The summed E-state index contributed by atoms with van der Waals surface area (Å²) < 4.78 is 7.58. The second kappa shape index (κ2) is 11.5. The molecule has 0 atom stereocenters. The molecule has 3 aromatic carbocycles. The Balaban J connectivity index is 1.35. The van der Waals surface area contributed by atoms with Crippen LogP contribution in [0.5, 0.6) is 5.75 Å². The van der Waals surface area contributed by atoms with Crippen molar-refractivity contribution in [2.45, 2.75) is 20.3 Å². The minimum absolute atomic E-state index is 0.0259. The van der Waals surface area contributed by atoms with E-state index in [2.05, 4.69) is 16.8 Å². The van der Waals surface area contributed by atoms with Crippen LogP contribution in [0.3, 0.4) is 0 Å². The van der Waals surface area contributed by atoms with Crippen molar-refractivity contribution in [2.24, 2.45) is 0 Å². The van der Waals surface area contributed by atoms with Crippen LogP contribution in [0, 0.1) is 6.92 Å². The molecule has 0 spiro atoms. The van der Waals surface area contributed by atoms with Crippen molar-refractivity contribution in [3.63, 3.8) is 0 Å². The summed E-state index contributed by atoms with van der Waals surface area (Å²) in [5, 5.41) is 3.00. The highest BCUT2D eigenvalue weighted by Gasteiger charge is 2.28. The first-order valence-corrected chi connectivity index (χ1v) is 13.3. The molecule has 7 heteroatoms. The van der Waals surface area contributed by atoms with E-state index >= 15 is 0 Å².